The smallest absolute Gasteiger partial charge is 0.225 e. The highest BCUT2D eigenvalue weighted by Gasteiger charge is 2.18. The summed E-state index contributed by atoms with van der Waals surface area (Å²) in [6.45, 7) is 6.41. The molecule has 1 aliphatic heterocycles. The number of rotatable bonds is 4. The molecule has 4 aromatic rings. The van der Waals surface area contributed by atoms with Gasteiger partial charge in [0.2, 0.25) is 23.8 Å². The van der Waals surface area contributed by atoms with E-state index in [4.69, 9.17) is 0 Å². The third-order valence-electron chi connectivity index (χ3n) is 6.55. The summed E-state index contributed by atoms with van der Waals surface area (Å²) in [5, 5.41) is 0. The van der Waals surface area contributed by atoms with Crippen molar-refractivity contribution in [2.45, 2.75) is 19.3 Å². The van der Waals surface area contributed by atoms with E-state index in [1.165, 1.54) is 0 Å². The van der Waals surface area contributed by atoms with Gasteiger partial charge in [-0.3, -0.25) is 0 Å². The van der Waals surface area contributed by atoms with Gasteiger partial charge in [-0.2, -0.15) is 0 Å². The first-order chi connectivity index (χ1) is 19.4. The molecule has 0 unspecified atom stereocenters. The Labute approximate surface area is 228 Å². The molecule has 1 aliphatic rings. The lowest BCUT2D eigenvalue weighted by Crippen LogP contribution is -2.39. The van der Waals surface area contributed by atoms with Crippen LogP contribution in [0.2, 0.25) is 0 Å². The molecule has 0 aliphatic carbocycles. The van der Waals surface area contributed by atoms with Crippen molar-refractivity contribution < 1.29 is 0 Å². The second-order valence-corrected chi connectivity index (χ2v) is 9.20. The van der Waals surface area contributed by atoms with Crippen LogP contribution in [-0.2, 0) is 0 Å². The highest BCUT2D eigenvalue weighted by Crippen LogP contribution is 2.15. The molecule has 12 heteroatoms. The lowest BCUT2D eigenvalue weighted by Gasteiger charge is -2.29. The first-order valence-corrected chi connectivity index (χ1v) is 13.4. The fraction of sp³-hybridized carbons (Fsp3) is 0.407. The van der Waals surface area contributed by atoms with Gasteiger partial charge in [-0.05, 0) is 43.5 Å². The molecule has 4 aromatic heterocycles. The lowest BCUT2D eigenvalue weighted by molar-refractivity contribution is 0.640. The second kappa shape index (κ2) is 13.9. The molecule has 0 atom stereocenters. The van der Waals surface area contributed by atoms with Crippen molar-refractivity contribution in [3.05, 3.63) is 73.8 Å². The van der Waals surface area contributed by atoms with E-state index in [0.29, 0.717) is 0 Å². The number of hydrogen-bond donors (Lipinski definition) is 0. The van der Waals surface area contributed by atoms with Crippen LogP contribution in [0.25, 0.3) is 0 Å². The molecular formula is C27H34N12. The highest BCUT2D eigenvalue weighted by molar-refractivity contribution is 5.34. The monoisotopic (exact) mass is 526 g/mol. The van der Waals surface area contributed by atoms with Gasteiger partial charge in [0.1, 0.15) is 0 Å². The molecule has 0 amide bonds. The van der Waals surface area contributed by atoms with Gasteiger partial charge in [-0.1, -0.05) is 0 Å². The topological polar surface area (TPSA) is 116 Å². The van der Waals surface area contributed by atoms with Crippen LogP contribution >= 0.6 is 0 Å². The Kier molecular flexibility index (Phi) is 9.31. The van der Waals surface area contributed by atoms with Crippen LogP contribution in [0.4, 0.5) is 23.8 Å². The molecule has 0 bridgehead atoms. The van der Waals surface area contributed by atoms with Crippen molar-refractivity contribution in [1.82, 2.24) is 39.9 Å². The molecule has 1 fully saturated rings. The van der Waals surface area contributed by atoms with Gasteiger partial charge < -0.3 is 19.6 Å². The fourth-order valence-corrected chi connectivity index (χ4v) is 4.66. The van der Waals surface area contributed by atoms with E-state index < -0.39 is 0 Å². The predicted molar refractivity (Wildman–Crippen MR) is 151 cm³/mol. The van der Waals surface area contributed by atoms with E-state index in [1.54, 1.807) is 49.6 Å². The summed E-state index contributed by atoms with van der Waals surface area (Å²) >= 11 is 0. The zero-order valence-corrected chi connectivity index (χ0v) is 22.1. The summed E-state index contributed by atoms with van der Waals surface area (Å²) in [5.74, 6) is 2.95. The molecule has 0 saturated carbocycles. The first-order valence-electron chi connectivity index (χ1n) is 13.4. The Morgan fingerprint density at radius 3 is 0.744 bits per heavy atom. The number of aromatic nitrogens is 8. The Morgan fingerprint density at radius 2 is 0.513 bits per heavy atom. The van der Waals surface area contributed by atoms with Crippen LogP contribution in [0.3, 0.4) is 0 Å². The second-order valence-electron chi connectivity index (χ2n) is 9.20. The predicted octanol–water partition coefficient (Wildman–Crippen LogP) is 2.36. The van der Waals surface area contributed by atoms with Gasteiger partial charge in [0, 0.05) is 102 Å². The number of nitrogens with zero attached hydrogens (tertiary/aromatic N) is 12. The van der Waals surface area contributed by atoms with E-state index in [1.807, 2.05) is 24.3 Å². The Morgan fingerprint density at radius 1 is 0.308 bits per heavy atom. The van der Waals surface area contributed by atoms with Gasteiger partial charge in [0.05, 0.1) is 0 Å². The maximum Gasteiger partial charge on any atom is 0.225 e. The quantitative estimate of drug-likeness (QED) is 0.389. The van der Waals surface area contributed by atoms with Gasteiger partial charge in [0.25, 0.3) is 0 Å². The molecule has 0 radical (unpaired) electrons. The third kappa shape index (κ3) is 7.53. The van der Waals surface area contributed by atoms with Crippen molar-refractivity contribution in [2.75, 3.05) is 72.0 Å². The SMILES string of the molecule is c1cnc(N2CCCN(c3ncccn3)CCCN(c3ncccn3)CCN(c3ncccn3)CCC2)nc1. The first kappa shape index (κ1) is 26.1. The van der Waals surface area contributed by atoms with Crippen molar-refractivity contribution >= 4 is 23.8 Å². The Hall–Kier alpha value is -4.48. The van der Waals surface area contributed by atoms with Crippen LogP contribution in [0.5, 0.6) is 0 Å². The maximum atomic E-state index is 4.54. The summed E-state index contributed by atoms with van der Waals surface area (Å²) in [6.07, 6.45) is 17.1. The van der Waals surface area contributed by atoms with Gasteiger partial charge >= 0.3 is 0 Å². The lowest BCUT2D eigenvalue weighted by atomic mass is 10.3. The molecule has 5 heterocycles. The zero-order valence-electron chi connectivity index (χ0n) is 22.1. The fourth-order valence-electron chi connectivity index (χ4n) is 4.66. The minimum Gasteiger partial charge on any atom is -0.341 e. The van der Waals surface area contributed by atoms with Gasteiger partial charge in [0.15, 0.2) is 0 Å². The molecule has 39 heavy (non-hydrogen) atoms. The highest BCUT2D eigenvalue weighted by atomic mass is 15.3. The minimum atomic E-state index is 0.727. The van der Waals surface area contributed by atoms with E-state index in [-0.39, 0.29) is 0 Å². The summed E-state index contributed by atoms with van der Waals surface area (Å²) < 4.78 is 0. The van der Waals surface area contributed by atoms with Crippen LogP contribution in [0.15, 0.2) is 73.8 Å². The number of anilines is 4. The van der Waals surface area contributed by atoms with E-state index in [2.05, 4.69) is 59.5 Å². The Balaban J connectivity index is 1.39. The summed E-state index contributed by atoms with van der Waals surface area (Å²) in [4.78, 5) is 45.3. The molecule has 202 valence electrons. The van der Waals surface area contributed by atoms with E-state index >= 15 is 0 Å². The van der Waals surface area contributed by atoms with Crippen molar-refractivity contribution in [3.63, 3.8) is 0 Å². The normalized spacial score (nSPS) is 16.4. The number of hydrogen-bond acceptors (Lipinski definition) is 12. The molecule has 0 spiro atoms. The van der Waals surface area contributed by atoms with Crippen molar-refractivity contribution in [3.8, 4) is 0 Å². The molecule has 0 N–H and O–H groups in total. The summed E-state index contributed by atoms with van der Waals surface area (Å²) in [7, 11) is 0. The minimum absolute atomic E-state index is 0.727. The van der Waals surface area contributed by atoms with Crippen molar-refractivity contribution in [2.24, 2.45) is 0 Å². The largest absolute Gasteiger partial charge is 0.341 e. The average molecular weight is 527 g/mol. The van der Waals surface area contributed by atoms with Crippen molar-refractivity contribution in [1.29, 1.82) is 0 Å². The molecule has 12 nitrogen and oxygen atoms in total. The van der Waals surface area contributed by atoms with Crippen LogP contribution in [0, 0.1) is 0 Å². The summed E-state index contributed by atoms with van der Waals surface area (Å²) in [5.41, 5.74) is 0. The maximum absolute atomic E-state index is 4.54. The summed E-state index contributed by atoms with van der Waals surface area (Å²) in [6, 6.07) is 7.39. The van der Waals surface area contributed by atoms with E-state index in [9.17, 15) is 0 Å². The van der Waals surface area contributed by atoms with E-state index in [0.717, 1.165) is 95.4 Å². The molecule has 0 aromatic carbocycles. The average Bonchev–Trinajstić information content (AvgIpc) is 3.02. The molecule has 5 rings (SSSR count). The Bertz CT molecular complexity index is 1120. The van der Waals surface area contributed by atoms with Crippen LogP contribution in [-0.4, -0.2) is 92.2 Å². The van der Waals surface area contributed by atoms with Crippen LogP contribution < -0.4 is 19.6 Å². The van der Waals surface area contributed by atoms with Gasteiger partial charge in [-0.25, -0.2) is 39.9 Å². The standard InChI is InChI=1S/C27H34N12/c1-8-28-24(29-9-1)36-16-5-17-37(25-30-10-2-11-31-25)19-7-21-39(27-34-14-4-15-35-27)23-22-38(20-6-18-36)26-32-12-3-13-33-26/h1-4,8-15H,5-7,16-23H2. The van der Waals surface area contributed by atoms with Crippen LogP contribution in [0.1, 0.15) is 19.3 Å². The molecular weight excluding hydrogens is 492 g/mol. The zero-order chi connectivity index (χ0) is 26.5. The van der Waals surface area contributed by atoms with Gasteiger partial charge in [-0.15, -0.1) is 0 Å². The molecule has 1 saturated heterocycles. The third-order valence-corrected chi connectivity index (χ3v) is 6.55.